The number of esters is 3. The fourth-order valence-corrected chi connectivity index (χ4v) is 3.20. The molecule has 1 N–H and O–H groups in total. The average Bonchev–Trinajstić information content (AvgIpc) is 2.96. The van der Waals surface area contributed by atoms with E-state index in [1.807, 2.05) is 6.08 Å². The molecular formula is C21H24O8. The molecule has 1 heterocycles. The van der Waals surface area contributed by atoms with Crippen LogP contribution in [0.2, 0.25) is 0 Å². The predicted octanol–water partition coefficient (Wildman–Crippen LogP) is 1.34. The zero-order valence-electron chi connectivity index (χ0n) is 16.2. The predicted molar refractivity (Wildman–Crippen MR) is 101 cm³/mol. The Balaban J connectivity index is 2.43. The van der Waals surface area contributed by atoms with Gasteiger partial charge in [-0.15, -0.1) is 0 Å². The van der Waals surface area contributed by atoms with Gasteiger partial charge in [0.25, 0.3) is 0 Å². The van der Waals surface area contributed by atoms with E-state index in [4.69, 9.17) is 19.3 Å². The van der Waals surface area contributed by atoms with E-state index < -0.39 is 42.6 Å². The maximum absolute atomic E-state index is 12.3. The fourth-order valence-electron chi connectivity index (χ4n) is 3.20. The molecule has 0 radical (unpaired) electrons. The summed E-state index contributed by atoms with van der Waals surface area (Å²) in [5, 5.41) is 9.15. The summed E-state index contributed by atoms with van der Waals surface area (Å²) in [6.07, 6.45) is 3.34. The van der Waals surface area contributed by atoms with E-state index in [2.05, 4.69) is 13.2 Å². The van der Waals surface area contributed by atoms with Crippen molar-refractivity contribution in [3.8, 4) is 0 Å². The summed E-state index contributed by atoms with van der Waals surface area (Å²) >= 11 is 0. The van der Waals surface area contributed by atoms with Gasteiger partial charge in [0.05, 0.1) is 18.1 Å². The van der Waals surface area contributed by atoms with E-state index in [0.29, 0.717) is 30.3 Å². The number of carbonyl (C=O) groups is 4. The standard InChI is InChI=1S/C21H24O8/c1-12(9-22)20(25)28-18-8-16(11-27-14(3)24)6-4-5-15(10-23)7-17-19(18)13(2)21(26)29-17/h6-7,10,17-19,22H,1-2,4-5,8-9,11H2,3H3/b15-7-,16-6+/t17-,18+,19+/m1/s1. The normalized spacial score (nSPS) is 28.0. The number of hydrogen-bond acceptors (Lipinski definition) is 8. The molecule has 0 aromatic heterocycles. The fraction of sp³-hybridized carbons (Fsp3) is 0.429. The van der Waals surface area contributed by atoms with Crippen LogP contribution in [0, 0.1) is 5.92 Å². The first-order valence-electron chi connectivity index (χ1n) is 9.13. The van der Waals surface area contributed by atoms with Crippen molar-refractivity contribution in [3.63, 3.8) is 0 Å². The van der Waals surface area contributed by atoms with Crippen LogP contribution >= 0.6 is 0 Å². The summed E-state index contributed by atoms with van der Waals surface area (Å²) in [5.41, 5.74) is 1.04. The molecule has 0 spiro atoms. The molecule has 0 amide bonds. The van der Waals surface area contributed by atoms with E-state index in [-0.39, 0.29) is 24.2 Å². The van der Waals surface area contributed by atoms with Crippen molar-refractivity contribution in [1.82, 2.24) is 0 Å². The first kappa shape index (κ1) is 22.3. The van der Waals surface area contributed by atoms with Gasteiger partial charge >= 0.3 is 17.9 Å². The molecule has 8 heteroatoms. The molecule has 1 aliphatic carbocycles. The van der Waals surface area contributed by atoms with Gasteiger partial charge in [-0.3, -0.25) is 9.59 Å². The van der Waals surface area contributed by atoms with Crippen molar-refractivity contribution in [1.29, 1.82) is 0 Å². The molecule has 0 saturated carbocycles. The second-order valence-corrected chi connectivity index (χ2v) is 6.87. The molecule has 2 aliphatic rings. The molecule has 0 aromatic rings. The largest absolute Gasteiger partial charge is 0.461 e. The highest BCUT2D eigenvalue weighted by molar-refractivity contribution is 5.92. The van der Waals surface area contributed by atoms with Gasteiger partial charge in [-0.2, -0.15) is 0 Å². The number of ether oxygens (including phenoxy) is 3. The monoisotopic (exact) mass is 404 g/mol. The van der Waals surface area contributed by atoms with Crippen LogP contribution in [0.4, 0.5) is 0 Å². The molecule has 29 heavy (non-hydrogen) atoms. The third-order valence-corrected chi connectivity index (χ3v) is 4.72. The second-order valence-electron chi connectivity index (χ2n) is 6.87. The maximum Gasteiger partial charge on any atom is 0.336 e. The first-order valence-corrected chi connectivity index (χ1v) is 9.13. The van der Waals surface area contributed by atoms with Gasteiger partial charge in [-0.1, -0.05) is 19.2 Å². The highest BCUT2D eigenvalue weighted by Crippen LogP contribution is 2.36. The van der Waals surface area contributed by atoms with E-state index in [9.17, 15) is 19.2 Å². The molecule has 3 atom stereocenters. The van der Waals surface area contributed by atoms with E-state index in [1.54, 1.807) is 6.08 Å². The molecule has 2 rings (SSSR count). The Bertz CT molecular complexity index is 789. The number of allylic oxidation sites excluding steroid dienone is 2. The Kier molecular flexibility index (Phi) is 7.67. The lowest BCUT2D eigenvalue weighted by atomic mass is 9.85. The molecule has 0 unspecified atom stereocenters. The van der Waals surface area contributed by atoms with Gasteiger partial charge < -0.3 is 19.3 Å². The van der Waals surface area contributed by atoms with Gasteiger partial charge in [-0.25, -0.2) is 9.59 Å². The van der Waals surface area contributed by atoms with Crippen molar-refractivity contribution < 1.29 is 38.5 Å². The third kappa shape index (κ3) is 5.74. The van der Waals surface area contributed by atoms with Crippen molar-refractivity contribution in [3.05, 3.63) is 47.6 Å². The first-order chi connectivity index (χ1) is 13.8. The number of aliphatic hydroxyl groups excluding tert-OH is 1. The van der Waals surface area contributed by atoms with Gasteiger partial charge in [0, 0.05) is 18.9 Å². The average molecular weight is 404 g/mol. The summed E-state index contributed by atoms with van der Waals surface area (Å²) < 4.78 is 15.9. The molecule has 8 nitrogen and oxygen atoms in total. The van der Waals surface area contributed by atoms with Crippen LogP contribution in [-0.2, 0) is 33.4 Å². The number of aliphatic hydroxyl groups is 1. The SMILES string of the molecule is C=C(CO)C(=O)O[C@H]1C/C(COC(C)=O)=C\CC/C(C=O)=C/[C@H]2OC(=O)C(=C)[C@H]12. The van der Waals surface area contributed by atoms with Crippen LogP contribution < -0.4 is 0 Å². The molecule has 1 fully saturated rings. The summed E-state index contributed by atoms with van der Waals surface area (Å²) in [6.45, 7) is 7.88. The quantitative estimate of drug-likeness (QED) is 0.232. The summed E-state index contributed by atoms with van der Waals surface area (Å²) in [6, 6.07) is 0. The zero-order valence-corrected chi connectivity index (χ0v) is 16.2. The Morgan fingerprint density at radius 2 is 2.14 bits per heavy atom. The Morgan fingerprint density at radius 1 is 1.41 bits per heavy atom. The van der Waals surface area contributed by atoms with Crippen LogP contribution in [0.1, 0.15) is 26.2 Å². The molecule has 0 aromatic carbocycles. The minimum atomic E-state index is -0.904. The van der Waals surface area contributed by atoms with Crippen molar-refractivity contribution in [2.75, 3.05) is 13.2 Å². The number of aldehydes is 1. The Hall–Kier alpha value is -3.00. The van der Waals surface area contributed by atoms with Crippen LogP contribution in [0.25, 0.3) is 0 Å². The van der Waals surface area contributed by atoms with Gasteiger partial charge in [0.1, 0.15) is 25.1 Å². The molecular weight excluding hydrogens is 380 g/mol. The minimum Gasteiger partial charge on any atom is -0.461 e. The molecule has 156 valence electrons. The minimum absolute atomic E-state index is 0.0247. The van der Waals surface area contributed by atoms with Crippen LogP contribution in [0.15, 0.2) is 47.6 Å². The van der Waals surface area contributed by atoms with E-state index >= 15 is 0 Å². The lowest BCUT2D eigenvalue weighted by Gasteiger charge is -2.28. The Morgan fingerprint density at radius 3 is 2.76 bits per heavy atom. The Labute approximate surface area is 168 Å². The van der Waals surface area contributed by atoms with Crippen LogP contribution in [0.3, 0.4) is 0 Å². The molecule has 0 bridgehead atoms. The highest BCUT2D eigenvalue weighted by atomic mass is 16.6. The van der Waals surface area contributed by atoms with Crippen LogP contribution in [-0.4, -0.2) is 54.7 Å². The molecule has 1 saturated heterocycles. The number of rotatable bonds is 6. The third-order valence-electron chi connectivity index (χ3n) is 4.72. The lowest BCUT2D eigenvalue weighted by molar-refractivity contribution is -0.148. The van der Waals surface area contributed by atoms with E-state index in [0.717, 1.165) is 0 Å². The number of fused-ring (bicyclic) bond motifs is 1. The van der Waals surface area contributed by atoms with Crippen LogP contribution in [0.5, 0.6) is 0 Å². The summed E-state index contributed by atoms with van der Waals surface area (Å²) in [4.78, 5) is 47.0. The van der Waals surface area contributed by atoms with Gasteiger partial charge in [0.2, 0.25) is 0 Å². The summed E-state index contributed by atoms with van der Waals surface area (Å²) in [7, 11) is 0. The summed E-state index contributed by atoms with van der Waals surface area (Å²) in [5.74, 6) is -2.69. The topological polar surface area (TPSA) is 116 Å². The van der Waals surface area contributed by atoms with Crippen molar-refractivity contribution in [2.45, 2.75) is 38.4 Å². The number of hydrogen-bond donors (Lipinski definition) is 1. The smallest absolute Gasteiger partial charge is 0.336 e. The molecule has 1 aliphatic heterocycles. The number of carbonyl (C=O) groups excluding carboxylic acids is 4. The zero-order chi connectivity index (χ0) is 21.6. The highest BCUT2D eigenvalue weighted by Gasteiger charge is 2.44. The van der Waals surface area contributed by atoms with Gasteiger partial charge in [0.15, 0.2) is 0 Å². The maximum atomic E-state index is 12.3. The van der Waals surface area contributed by atoms with Crippen molar-refractivity contribution in [2.24, 2.45) is 5.92 Å². The van der Waals surface area contributed by atoms with Gasteiger partial charge in [-0.05, 0) is 30.1 Å². The lowest BCUT2D eigenvalue weighted by Crippen LogP contribution is -2.34. The van der Waals surface area contributed by atoms with E-state index in [1.165, 1.54) is 6.92 Å². The van der Waals surface area contributed by atoms with Crippen molar-refractivity contribution >= 4 is 24.2 Å². The second kappa shape index (κ2) is 9.97.